The number of hydrogen-bond acceptors (Lipinski definition) is 3. The molecular formula is C12H15BrFNO3S. The normalized spacial score (nSPS) is 16.0. The minimum atomic E-state index is -3.62. The lowest BCUT2D eigenvalue weighted by Crippen LogP contribution is -2.36. The van der Waals surface area contributed by atoms with E-state index >= 15 is 0 Å². The average Bonchev–Trinajstić information content (AvgIpc) is 3.13. The Morgan fingerprint density at radius 3 is 2.68 bits per heavy atom. The van der Waals surface area contributed by atoms with Crippen molar-refractivity contribution in [1.29, 1.82) is 0 Å². The molecule has 4 nitrogen and oxygen atoms in total. The Morgan fingerprint density at radius 2 is 2.16 bits per heavy atom. The largest absolute Gasteiger partial charge is 0.383 e. The van der Waals surface area contributed by atoms with Gasteiger partial charge in [-0.1, -0.05) is 0 Å². The number of rotatable bonds is 6. The number of halogens is 2. The highest BCUT2D eigenvalue weighted by Gasteiger charge is 2.38. The molecule has 106 valence electrons. The summed E-state index contributed by atoms with van der Waals surface area (Å²) in [6, 6.07) is 3.64. The second-order valence-corrected chi connectivity index (χ2v) is 7.13. The van der Waals surface area contributed by atoms with Crippen LogP contribution in [0.4, 0.5) is 4.39 Å². The van der Waals surface area contributed by atoms with Gasteiger partial charge in [0.25, 0.3) is 0 Å². The summed E-state index contributed by atoms with van der Waals surface area (Å²) in [4.78, 5) is 0.0944. The molecule has 1 aliphatic rings. The monoisotopic (exact) mass is 351 g/mol. The lowest BCUT2D eigenvalue weighted by atomic mass is 10.3. The van der Waals surface area contributed by atoms with Crippen molar-refractivity contribution in [3.05, 3.63) is 28.5 Å². The SMILES string of the molecule is COCCN(C1CC1)S(=O)(=O)c1ccc(F)cc1Br. The van der Waals surface area contributed by atoms with Gasteiger partial charge in [-0.3, -0.25) is 0 Å². The van der Waals surface area contributed by atoms with Crippen LogP contribution in [0.2, 0.25) is 0 Å². The van der Waals surface area contributed by atoms with Crippen LogP contribution in [-0.2, 0) is 14.8 Å². The Morgan fingerprint density at radius 1 is 1.47 bits per heavy atom. The summed E-state index contributed by atoms with van der Waals surface area (Å²) in [5, 5.41) is 0. The summed E-state index contributed by atoms with van der Waals surface area (Å²) >= 11 is 3.11. The van der Waals surface area contributed by atoms with Gasteiger partial charge >= 0.3 is 0 Å². The van der Waals surface area contributed by atoms with E-state index in [-0.39, 0.29) is 15.4 Å². The topological polar surface area (TPSA) is 46.6 Å². The molecular weight excluding hydrogens is 337 g/mol. The molecule has 1 aromatic rings. The molecule has 1 aliphatic carbocycles. The van der Waals surface area contributed by atoms with Crippen LogP contribution in [0.3, 0.4) is 0 Å². The van der Waals surface area contributed by atoms with Crippen molar-refractivity contribution in [3.8, 4) is 0 Å². The molecule has 0 N–H and O–H groups in total. The first-order valence-electron chi connectivity index (χ1n) is 5.92. The van der Waals surface area contributed by atoms with Crippen LogP contribution in [0.1, 0.15) is 12.8 Å². The second kappa shape index (κ2) is 5.87. The first kappa shape index (κ1) is 14.9. The van der Waals surface area contributed by atoms with E-state index in [9.17, 15) is 12.8 Å². The van der Waals surface area contributed by atoms with E-state index in [1.165, 1.54) is 17.5 Å². The maximum absolute atomic E-state index is 13.1. The van der Waals surface area contributed by atoms with Crippen LogP contribution < -0.4 is 0 Å². The smallest absolute Gasteiger partial charge is 0.244 e. The lowest BCUT2D eigenvalue weighted by molar-refractivity contribution is 0.177. The van der Waals surface area contributed by atoms with Crippen molar-refractivity contribution < 1.29 is 17.5 Å². The fraction of sp³-hybridized carbons (Fsp3) is 0.500. The van der Waals surface area contributed by atoms with Crippen LogP contribution in [0.5, 0.6) is 0 Å². The summed E-state index contributed by atoms with van der Waals surface area (Å²) in [5.41, 5.74) is 0. The van der Waals surface area contributed by atoms with Crippen LogP contribution in [0, 0.1) is 5.82 Å². The molecule has 1 fully saturated rings. The van der Waals surface area contributed by atoms with Crippen molar-refractivity contribution in [2.75, 3.05) is 20.3 Å². The zero-order valence-corrected chi connectivity index (χ0v) is 12.9. The third-order valence-corrected chi connectivity index (χ3v) is 5.88. The Labute approximate surface area is 120 Å². The molecule has 0 amide bonds. The van der Waals surface area contributed by atoms with E-state index in [1.54, 1.807) is 0 Å². The molecule has 0 saturated heterocycles. The van der Waals surface area contributed by atoms with Gasteiger partial charge in [-0.25, -0.2) is 12.8 Å². The lowest BCUT2D eigenvalue weighted by Gasteiger charge is -2.22. The van der Waals surface area contributed by atoms with Crippen LogP contribution >= 0.6 is 15.9 Å². The number of ether oxygens (including phenoxy) is 1. The van der Waals surface area contributed by atoms with Crippen LogP contribution in [0.15, 0.2) is 27.6 Å². The molecule has 0 heterocycles. The molecule has 1 saturated carbocycles. The fourth-order valence-electron chi connectivity index (χ4n) is 1.85. The zero-order chi connectivity index (χ0) is 14.0. The van der Waals surface area contributed by atoms with Crippen molar-refractivity contribution in [1.82, 2.24) is 4.31 Å². The number of nitrogens with zero attached hydrogens (tertiary/aromatic N) is 1. The number of sulfonamides is 1. The Hall–Kier alpha value is -0.500. The number of benzene rings is 1. The molecule has 0 radical (unpaired) electrons. The van der Waals surface area contributed by atoms with E-state index in [4.69, 9.17) is 4.74 Å². The molecule has 0 unspecified atom stereocenters. The van der Waals surface area contributed by atoms with Crippen molar-refractivity contribution in [2.24, 2.45) is 0 Å². The highest BCUT2D eigenvalue weighted by Crippen LogP contribution is 2.34. The highest BCUT2D eigenvalue weighted by atomic mass is 79.9. The maximum atomic E-state index is 13.1. The highest BCUT2D eigenvalue weighted by molar-refractivity contribution is 9.10. The first-order chi connectivity index (χ1) is 8.96. The molecule has 0 spiro atoms. The maximum Gasteiger partial charge on any atom is 0.244 e. The zero-order valence-electron chi connectivity index (χ0n) is 10.5. The van der Waals surface area contributed by atoms with Crippen molar-refractivity contribution >= 4 is 26.0 Å². The van der Waals surface area contributed by atoms with Crippen molar-refractivity contribution in [3.63, 3.8) is 0 Å². The summed E-state index contributed by atoms with van der Waals surface area (Å²) in [6.45, 7) is 0.655. The Bertz CT molecular complexity index is 560. The quantitative estimate of drug-likeness (QED) is 0.790. The van der Waals surface area contributed by atoms with Gasteiger partial charge in [0.05, 0.1) is 11.5 Å². The van der Waals surface area contributed by atoms with Gasteiger partial charge in [0, 0.05) is 24.2 Å². The van der Waals surface area contributed by atoms with Gasteiger partial charge in [0.15, 0.2) is 0 Å². The minimum Gasteiger partial charge on any atom is -0.383 e. The number of hydrogen-bond donors (Lipinski definition) is 0. The third kappa shape index (κ3) is 3.34. The third-order valence-electron chi connectivity index (χ3n) is 2.95. The average molecular weight is 352 g/mol. The Kier molecular flexibility index (Phi) is 4.60. The fourth-order valence-corrected chi connectivity index (χ4v) is 4.53. The molecule has 19 heavy (non-hydrogen) atoms. The molecule has 1 aromatic carbocycles. The van der Waals surface area contributed by atoms with Crippen molar-refractivity contribution in [2.45, 2.75) is 23.8 Å². The van der Waals surface area contributed by atoms with Gasteiger partial charge in [-0.05, 0) is 47.0 Å². The van der Waals surface area contributed by atoms with Gasteiger partial charge in [-0.15, -0.1) is 0 Å². The van der Waals surface area contributed by atoms with Crippen LogP contribution in [0.25, 0.3) is 0 Å². The molecule has 0 aromatic heterocycles. The van der Waals surface area contributed by atoms with E-state index in [2.05, 4.69) is 15.9 Å². The van der Waals surface area contributed by atoms with E-state index in [0.717, 1.165) is 25.0 Å². The standard InChI is InChI=1S/C12H15BrFNO3S/c1-18-7-6-15(10-3-4-10)19(16,17)12-5-2-9(14)8-11(12)13/h2,5,8,10H,3-4,6-7H2,1H3. The predicted octanol–water partition coefficient (Wildman–Crippen LogP) is 2.39. The van der Waals surface area contributed by atoms with Crippen LogP contribution in [-0.4, -0.2) is 39.0 Å². The van der Waals surface area contributed by atoms with E-state index < -0.39 is 15.8 Å². The summed E-state index contributed by atoms with van der Waals surface area (Å²) in [5.74, 6) is -0.472. The van der Waals surface area contributed by atoms with Gasteiger partial charge in [-0.2, -0.15) is 4.31 Å². The van der Waals surface area contributed by atoms with Gasteiger partial charge in [0.2, 0.25) is 10.0 Å². The summed E-state index contributed by atoms with van der Waals surface area (Å²) in [6.07, 6.45) is 1.73. The van der Waals surface area contributed by atoms with E-state index in [1.807, 2.05) is 0 Å². The van der Waals surface area contributed by atoms with E-state index in [0.29, 0.717) is 13.2 Å². The molecule has 7 heteroatoms. The number of methoxy groups -OCH3 is 1. The predicted molar refractivity (Wildman–Crippen MR) is 72.9 cm³/mol. The Balaban J connectivity index is 2.33. The van der Waals surface area contributed by atoms with Gasteiger partial charge < -0.3 is 4.74 Å². The molecule has 0 atom stereocenters. The summed E-state index contributed by atoms with van der Waals surface area (Å²) < 4.78 is 44.8. The molecule has 2 rings (SSSR count). The molecule has 0 aliphatic heterocycles. The van der Waals surface area contributed by atoms with Gasteiger partial charge in [0.1, 0.15) is 5.82 Å². The second-order valence-electron chi connectivity index (χ2n) is 4.41. The molecule has 0 bridgehead atoms. The summed E-state index contributed by atoms with van der Waals surface area (Å²) in [7, 11) is -2.08. The first-order valence-corrected chi connectivity index (χ1v) is 8.16. The minimum absolute atomic E-state index is 0.0390.